The van der Waals surface area contributed by atoms with Gasteiger partial charge in [0.1, 0.15) is 0 Å². The van der Waals surface area contributed by atoms with E-state index in [0.717, 1.165) is 6.42 Å². The highest BCUT2D eigenvalue weighted by molar-refractivity contribution is 5.91. The minimum Gasteiger partial charge on any atom is -0.381 e. The fraction of sp³-hybridized carbons (Fsp3) is 0.625. The zero-order valence-electron chi connectivity index (χ0n) is 7.09. The standard InChI is InChI=1S/C8H15NO2/c1-3-11-6-4-5-7(2)8(9)10/h5H,3-4,6H2,1-2H3,(H2,9,10)/b7-5+. The van der Waals surface area contributed by atoms with Crippen molar-refractivity contribution < 1.29 is 9.53 Å². The lowest BCUT2D eigenvalue weighted by Gasteiger charge is -1.96. The molecule has 0 aromatic heterocycles. The highest BCUT2D eigenvalue weighted by atomic mass is 16.5. The maximum Gasteiger partial charge on any atom is 0.244 e. The first kappa shape index (κ1) is 10.2. The molecule has 0 rings (SSSR count). The number of hydrogen-bond donors (Lipinski definition) is 1. The van der Waals surface area contributed by atoms with Gasteiger partial charge >= 0.3 is 0 Å². The third-order valence-electron chi connectivity index (χ3n) is 1.31. The Morgan fingerprint density at radius 2 is 2.27 bits per heavy atom. The molecule has 0 aliphatic heterocycles. The lowest BCUT2D eigenvalue weighted by Crippen LogP contribution is -2.11. The van der Waals surface area contributed by atoms with Gasteiger partial charge in [0, 0.05) is 12.2 Å². The van der Waals surface area contributed by atoms with Crippen LogP contribution in [0.25, 0.3) is 0 Å². The van der Waals surface area contributed by atoms with Gasteiger partial charge in [0.2, 0.25) is 5.91 Å². The Bertz CT molecular complexity index is 152. The maximum absolute atomic E-state index is 10.5. The van der Waals surface area contributed by atoms with E-state index in [1.165, 1.54) is 0 Å². The van der Waals surface area contributed by atoms with Crippen LogP contribution >= 0.6 is 0 Å². The molecule has 0 fully saturated rings. The smallest absolute Gasteiger partial charge is 0.244 e. The predicted octanol–water partition coefficient (Wildman–Crippen LogP) is 0.845. The van der Waals surface area contributed by atoms with E-state index in [9.17, 15) is 4.79 Å². The highest BCUT2D eigenvalue weighted by Crippen LogP contribution is 1.93. The van der Waals surface area contributed by atoms with Crippen LogP contribution in [0.5, 0.6) is 0 Å². The summed E-state index contributed by atoms with van der Waals surface area (Å²) in [5.74, 6) is -0.360. The third kappa shape index (κ3) is 5.61. The molecule has 2 N–H and O–H groups in total. The van der Waals surface area contributed by atoms with E-state index < -0.39 is 0 Å². The van der Waals surface area contributed by atoms with Crippen LogP contribution in [-0.4, -0.2) is 19.1 Å². The summed E-state index contributed by atoms with van der Waals surface area (Å²) in [6, 6.07) is 0. The Morgan fingerprint density at radius 1 is 1.64 bits per heavy atom. The number of hydrogen-bond acceptors (Lipinski definition) is 2. The Kier molecular flexibility index (Phi) is 5.47. The van der Waals surface area contributed by atoms with Crippen LogP contribution in [0.15, 0.2) is 11.6 Å². The molecule has 0 aliphatic carbocycles. The van der Waals surface area contributed by atoms with Crippen LogP contribution in [0.3, 0.4) is 0 Å². The largest absolute Gasteiger partial charge is 0.381 e. The van der Waals surface area contributed by atoms with Crippen molar-refractivity contribution in [1.29, 1.82) is 0 Å². The average Bonchev–Trinajstić information content (AvgIpc) is 1.97. The first-order valence-electron chi connectivity index (χ1n) is 3.72. The molecule has 1 amide bonds. The molecule has 0 radical (unpaired) electrons. The van der Waals surface area contributed by atoms with Gasteiger partial charge in [0.05, 0.1) is 6.61 Å². The van der Waals surface area contributed by atoms with Crippen molar-refractivity contribution in [2.75, 3.05) is 13.2 Å². The van der Waals surface area contributed by atoms with Gasteiger partial charge in [-0.05, 0) is 20.3 Å². The second kappa shape index (κ2) is 5.92. The number of primary amides is 1. The summed E-state index contributed by atoms with van der Waals surface area (Å²) in [5, 5.41) is 0. The monoisotopic (exact) mass is 157 g/mol. The topological polar surface area (TPSA) is 52.3 Å². The quantitative estimate of drug-likeness (QED) is 0.475. The maximum atomic E-state index is 10.5. The number of ether oxygens (including phenoxy) is 1. The summed E-state index contributed by atoms with van der Waals surface area (Å²) < 4.78 is 5.07. The molecule has 11 heavy (non-hydrogen) atoms. The SMILES string of the molecule is CCOCC/C=C(\C)C(N)=O. The highest BCUT2D eigenvalue weighted by Gasteiger charge is 1.94. The number of amides is 1. The van der Waals surface area contributed by atoms with E-state index >= 15 is 0 Å². The number of carbonyl (C=O) groups is 1. The molecule has 0 heterocycles. The second-order valence-corrected chi connectivity index (χ2v) is 2.24. The molecule has 0 aromatic carbocycles. The van der Waals surface area contributed by atoms with E-state index in [0.29, 0.717) is 18.8 Å². The van der Waals surface area contributed by atoms with Crippen molar-refractivity contribution in [2.24, 2.45) is 5.73 Å². The molecule has 0 atom stereocenters. The summed E-state index contributed by atoms with van der Waals surface area (Å²) >= 11 is 0. The molecule has 0 bridgehead atoms. The number of carbonyl (C=O) groups excluding carboxylic acids is 1. The number of rotatable bonds is 5. The number of nitrogens with two attached hydrogens (primary N) is 1. The lowest BCUT2D eigenvalue weighted by atomic mass is 10.2. The Morgan fingerprint density at radius 3 is 2.73 bits per heavy atom. The third-order valence-corrected chi connectivity index (χ3v) is 1.31. The van der Waals surface area contributed by atoms with E-state index in [-0.39, 0.29) is 5.91 Å². The summed E-state index contributed by atoms with van der Waals surface area (Å²) in [4.78, 5) is 10.5. The minimum absolute atomic E-state index is 0.360. The van der Waals surface area contributed by atoms with Crippen molar-refractivity contribution in [3.8, 4) is 0 Å². The first-order valence-corrected chi connectivity index (χ1v) is 3.72. The predicted molar refractivity (Wildman–Crippen MR) is 44.1 cm³/mol. The van der Waals surface area contributed by atoms with Gasteiger partial charge < -0.3 is 10.5 Å². The van der Waals surface area contributed by atoms with Crippen molar-refractivity contribution in [3.05, 3.63) is 11.6 Å². The van der Waals surface area contributed by atoms with Crippen LogP contribution in [-0.2, 0) is 9.53 Å². The van der Waals surface area contributed by atoms with E-state index in [1.54, 1.807) is 13.0 Å². The van der Waals surface area contributed by atoms with Crippen molar-refractivity contribution in [3.63, 3.8) is 0 Å². The van der Waals surface area contributed by atoms with Crippen LogP contribution in [0.4, 0.5) is 0 Å². The minimum atomic E-state index is -0.360. The average molecular weight is 157 g/mol. The van der Waals surface area contributed by atoms with Crippen LogP contribution in [0, 0.1) is 0 Å². The van der Waals surface area contributed by atoms with Crippen molar-refractivity contribution >= 4 is 5.91 Å². The second-order valence-electron chi connectivity index (χ2n) is 2.24. The Balaban J connectivity index is 3.48. The van der Waals surface area contributed by atoms with Crippen molar-refractivity contribution in [1.82, 2.24) is 0 Å². The van der Waals surface area contributed by atoms with E-state index in [4.69, 9.17) is 10.5 Å². The molecule has 0 aliphatic rings. The first-order chi connectivity index (χ1) is 5.18. The Hall–Kier alpha value is -0.830. The molecule has 64 valence electrons. The fourth-order valence-corrected chi connectivity index (χ4v) is 0.604. The zero-order valence-corrected chi connectivity index (χ0v) is 7.09. The molecular weight excluding hydrogens is 142 g/mol. The summed E-state index contributed by atoms with van der Waals surface area (Å²) in [6.07, 6.45) is 2.54. The van der Waals surface area contributed by atoms with Crippen molar-refractivity contribution in [2.45, 2.75) is 20.3 Å². The summed E-state index contributed by atoms with van der Waals surface area (Å²) in [6.45, 7) is 5.00. The van der Waals surface area contributed by atoms with Gasteiger partial charge in [-0.2, -0.15) is 0 Å². The molecule has 3 nitrogen and oxygen atoms in total. The lowest BCUT2D eigenvalue weighted by molar-refractivity contribution is -0.114. The fourth-order valence-electron chi connectivity index (χ4n) is 0.604. The Labute approximate surface area is 67.2 Å². The van der Waals surface area contributed by atoms with Gasteiger partial charge in [0.15, 0.2) is 0 Å². The molecule has 0 spiro atoms. The molecule has 0 unspecified atom stereocenters. The van der Waals surface area contributed by atoms with Gasteiger partial charge in [-0.1, -0.05) is 6.08 Å². The van der Waals surface area contributed by atoms with Gasteiger partial charge in [-0.15, -0.1) is 0 Å². The van der Waals surface area contributed by atoms with Gasteiger partial charge in [0.25, 0.3) is 0 Å². The normalized spacial score (nSPS) is 11.6. The van der Waals surface area contributed by atoms with Crippen LogP contribution < -0.4 is 5.73 Å². The molecule has 0 saturated carbocycles. The molecule has 0 aromatic rings. The zero-order chi connectivity index (χ0) is 8.69. The summed E-state index contributed by atoms with van der Waals surface area (Å²) in [5.41, 5.74) is 5.60. The van der Waals surface area contributed by atoms with Gasteiger partial charge in [-0.3, -0.25) is 4.79 Å². The molecular formula is C8H15NO2. The summed E-state index contributed by atoms with van der Waals surface area (Å²) in [7, 11) is 0. The van der Waals surface area contributed by atoms with Crippen LogP contribution in [0.1, 0.15) is 20.3 Å². The van der Waals surface area contributed by atoms with E-state index in [2.05, 4.69) is 0 Å². The molecule has 0 saturated heterocycles. The molecule has 3 heteroatoms. The van der Waals surface area contributed by atoms with Crippen LogP contribution in [0.2, 0.25) is 0 Å². The van der Waals surface area contributed by atoms with Gasteiger partial charge in [-0.25, -0.2) is 0 Å². The van der Waals surface area contributed by atoms with E-state index in [1.807, 2.05) is 6.92 Å².